The lowest BCUT2D eigenvalue weighted by Gasteiger charge is -2.06. The minimum absolute atomic E-state index is 0.126. The van der Waals surface area contributed by atoms with E-state index in [9.17, 15) is 9.18 Å². The van der Waals surface area contributed by atoms with Crippen LogP contribution < -0.4 is 5.56 Å². The number of halogens is 3. The molecule has 2 rings (SSSR count). The molecule has 17 heavy (non-hydrogen) atoms. The summed E-state index contributed by atoms with van der Waals surface area (Å²) in [5.41, 5.74) is 0.187. The van der Waals surface area contributed by atoms with Crippen LogP contribution >= 0.6 is 38.5 Å². The molecule has 0 spiro atoms. The molecule has 0 atom stereocenters. The van der Waals surface area contributed by atoms with Crippen molar-refractivity contribution in [1.29, 1.82) is 0 Å². The van der Waals surface area contributed by atoms with E-state index in [4.69, 9.17) is 0 Å². The highest BCUT2D eigenvalue weighted by Crippen LogP contribution is 2.15. The van der Waals surface area contributed by atoms with Gasteiger partial charge in [0, 0.05) is 19.7 Å². The van der Waals surface area contributed by atoms with Gasteiger partial charge in [-0.15, -0.1) is 0 Å². The zero-order chi connectivity index (χ0) is 12.4. The fourth-order valence-electron chi connectivity index (χ4n) is 1.36. The van der Waals surface area contributed by atoms with Crippen LogP contribution in [0.25, 0.3) is 0 Å². The molecular formula is C11H7BrFIN2O. The molecule has 0 radical (unpaired) electrons. The molecule has 0 aliphatic heterocycles. The van der Waals surface area contributed by atoms with Gasteiger partial charge in [-0.2, -0.15) is 5.10 Å². The van der Waals surface area contributed by atoms with Crippen molar-refractivity contribution >= 4 is 38.5 Å². The van der Waals surface area contributed by atoms with E-state index < -0.39 is 0 Å². The molecule has 0 unspecified atom stereocenters. The van der Waals surface area contributed by atoms with Gasteiger partial charge in [0.1, 0.15) is 5.82 Å². The van der Waals surface area contributed by atoms with Gasteiger partial charge in [0.2, 0.25) is 0 Å². The predicted octanol–water partition coefficient (Wildman–Crippen LogP) is 2.80. The summed E-state index contributed by atoms with van der Waals surface area (Å²) in [7, 11) is 0. The maximum Gasteiger partial charge on any atom is 0.268 e. The Morgan fingerprint density at radius 2 is 2.18 bits per heavy atom. The van der Waals surface area contributed by atoms with Gasteiger partial charge >= 0.3 is 0 Å². The van der Waals surface area contributed by atoms with Crippen LogP contribution in [0.5, 0.6) is 0 Å². The number of nitrogens with zero attached hydrogens (tertiary/aromatic N) is 2. The SMILES string of the molecule is O=c1cc(I)cnn1Cc1cc(Br)ccc1F. The minimum Gasteiger partial charge on any atom is -0.268 e. The highest BCUT2D eigenvalue weighted by Gasteiger charge is 2.06. The van der Waals surface area contributed by atoms with Crippen LogP contribution in [0.2, 0.25) is 0 Å². The van der Waals surface area contributed by atoms with E-state index in [1.165, 1.54) is 16.8 Å². The van der Waals surface area contributed by atoms with Crippen molar-refractivity contribution in [2.24, 2.45) is 0 Å². The summed E-state index contributed by atoms with van der Waals surface area (Å²) in [5, 5.41) is 3.96. The molecule has 0 aliphatic rings. The summed E-state index contributed by atoms with van der Waals surface area (Å²) in [5.74, 6) is -0.347. The molecule has 0 fully saturated rings. The molecule has 0 N–H and O–H groups in total. The number of hydrogen-bond acceptors (Lipinski definition) is 2. The molecule has 0 saturated carbocycles. The van der Waals surface area contributed by atoms with Gasteiger partial charge in [0.05, 0.1) is 12.7 Å². The largest absolute Gasteiger partial charge is 0.268 e. The summed E-state index contributed by atoms with van der Waals surface area (Å²) >= 11 is 5.27. The Bertz CT molecular complexity index is 615. The molecular weight excluding hydrogens is 402 g/mol. The predicted molar refractivity (Wildman–Crippen MR) is 74.4 cm³/mol. The van der Waals surface area contributed by atoms with Gasteiger partial charge in [-0.1, -0.05) is 15.9 Å². The van der Waals surface area contributed by atoms with Crippen molar-refractivity contribution in [3.8, 4) is 0 Å². The maximum atomic E-state index is 13.5. The molecule has 1 aromatic heterocycles. The van der Waals surface area contributed by atoms with E-state index in [0.29, 0.717) is 5.56 Å². The summed E-state index contributed by atoms with van der Waals surface area (Å²) in [6, 6.07) is 6.07. The molecule has 0 saturated heterocycles. The molecule has 0 amide bonds. The lowest BCUT2D eigenvalue weighted by Crippen LogP contribution is -2.23. The van der Waals surface area contributed by atoms with E-state index in [1.54, 1.807) is 18.3 Å². The van der Waals surface area contributed by atoms with Gasteiger partial charge < -0.3 is 0 Å². The maximum absolute atomic E-state index is 13.5. The molecule has 0 bridgehead atoms. The normalized spacial score (nSPS) is 10.5. The van der Waals surface area contributed by atoms with Crippen LogP contribution in [-0.2, 0) is 6.54 Å². The van der Waals surface area contributed by atoms with E-state index in [1.807, 2.05) is 22.6 Å². The standard InChI is InChI=1S/C11H7BrFIN2O/c12-8-1-2-10(13)7(3-8)6-16-11(17)4-9(14)5-15-16/h1-5H,6H2. The van der Waals surface area contributed by atoms with Crippen LogP contribution in [0.1, 0.15) is 5.56 Å². The van der Waals surface area contributed by atoms with Crippen molar-refractivity contribution in [2.75, 3.05) is 0 Å². The van der Waals surface area contributed by atoms with Crippen molar-refractivity contribution in [2.45, 2.75) is 6.54 Å². The molecule has 1 aromatic carbocycles. The Labute approximate surface area is 119 Å². The van der Waals surface area contributed by atoms with Crippen LogP contribution in [0, 0.1) is 9.39 Å². The van der Waals surface area contributed by atoms with E-state index in [2.05, 4.69) is 21.0 Å². The van der Waals surface area contributed by atoms with Crippen LogP contribution in [0.15, 0.2) is 39.7 Å². The number of aromatic nitrogens is 2. The molecule has 88 valence electrons. The Hall–Kier alpha value is -0.760. The first-order valence-corrected chi connectivity index (χ1v) is 6.60. The van der Waals surface area contributed by atoms with Gasteiger partial charge in [0.15, 0.2) is 0 Å². The van der Waals surface area contributed by atoms with Crippen molar-refractivity contribution in [3.05, 3.63) is 60.2 Å². The third kappa shape index (κ3) is 3.12. The third-order valence-corrected chi connectivity index (χ3v) is 3.25. The Morgan fingerprint density at radius 1 is 1.41 bits per heavy atom. The third-order valence-electron chi connectivity index (χ3n) is 2.16. The lowest BCUT2D eigenvalue weighted by atomic mass is 10.2. The average molecular weight is 409 g/mol. The highest BCUT2D eigenvalue weighted by atomic mass is 127. The second kappa shape index (κ2) is 5.26. The van der Waals surface area contributed by atoms with E-state index in [0.717, 1.165) is 8.04 Å². The lowest BCUT2D eigenvalue weighted by molar-refractivity contribution is 0.571. The second-order valence-electron chi connectivity index (χ2n) is 3.41. The Balaban J connectivity index is 2.38. The fourth-order valence-corrected chi connectivity index (χ4v) is 2.16. The molecule has 1 heterocycles. The second-order valence-corrected chi connectivity index (χ2v) is 5.57. The van der Waals surface area contributed by atoms with Crippen molar-refractivity contribution < 1.29 is 4.39 Å². The zero-order valence-electron chi connectivity index (χ0n) is 8.53. The summed E-state index contributed by atoms with van der Waals surface area (Å²) < 4.78 is 16.3. The van der Waals surface area contributed by atoms with Gasteiger partial charge in [0.25, 0.3) is 5.56 Å². The van der Waals surface area contributed by atoms with Gasteiger partial charge in [-0.3, -0.25) is 4.79 Å². The zero-order valence-corrected chi connectivity index (χ0v) is 12.3. The number of rotatable bonds is 2. The highest BCUT2D eigenvalue weighted by molar-refractivity contribution is 14.1. The smallest absolute Gasteiger partial charge is 0.268 e. The van der Waals surface area contributed by atoms with Crippen LogP contribution in [0.4, 0.5) is 4.39 Å². The van der Waals surface area contributed by atoms with Crippen LogP contribution in [0.3, 0.4) is 0 Å². The quantitative estimate of drug-likeness (QED) is 0.716. The number of benzene rings is 1. The van der Waals surface area contributed by atoms with E-state index >= 15 is 0 Å². The average Bonchev–Trinajstić information content (AvgIpc) is 2.27. The number of hydrogen-bond donors (Lipinski definition) is 0. The van der Waals surface area contributed by atoms with Gasteiger partial charge in [-0.05, 0) is 40.8 Å². The van der Waals surface area contributed by atoms with Gasteiger partial charge in [-0.25, -0.2) is 9.07 Å². The first-order valence-electron chi connectivity index (χ1n) is 4.73. The Morgan fingerprint density at radius 3 is 2.88 bits per heavy atom. The van der Waals surface area contributed by atoms with Crippen LogP contribution in [-0.4, -0.2) is 9.78 Å². The molecule has 6 heteroatoms. The monoisotopic (exact) mass is 408 g/mol. The summed E-state index contributed by atoms with van der Waals surface area (Å²) in [4.78, 5) is 11.6. The molecule has 0 aliphatic carbocycles. The fraction of sp³-hybridized carbons (Fsp3) is 0.0909. The topological polar surface area (TPSA) is 34.9 Å². The van der Waals surface area contributed by atoms with Crippen molar-refractivity contribution in [3.63, 3.8) is 0 Å². The summed E-state index contributed by atoms with van der Waals surface area (Å²) in [6.07, 6.45) is 1.57. The molecule has 3 nitrogen and oxygen atoms in total. The molecule has 2 aromatic rings. The Kier molecular flexibility index (Phi) is 3.93. The first-order chi connectivity index (χ1) is 8.06. The summed E-state index contributed by atoms with van der Waals surface area (Å²) in [6.45, 7) is 0.126. The first kappa shape index (κ1) is 12.7. The minimum atomic E-state index is -0.347. The van der Waals surface area contributed by atoms with Crippen molar-refractivity contribution in [1.82, 2.24) is 9.78 Å². The van der Waals surface area contributed by atoms with E-state index in [-0.39, 0.29) is 17.9 Å².